The normalized spacial score (nSPS) is 27.7. The lowest BCUT2D eigenvalue weighted by molar-refractivity contribution is -0.131. The molecule has 114 valence electrons. The highest BCUT2D eigenvalue weighted by Gasteiger charge is 2.46. The molecule has 2 nitrogen and oxygen atoms in total. The maximum atomic E-state index is 13.1. The van der Waals surface area contributed by atoms with Gasteiger partial charge in [0.25, 0.3) is 0 Å². The number of amides is 1. The van der Waals surface area contributed by atoms with E-state index in [1.165, 1.54) is 25.0 Å². The molecule has 2 aliphatic rings. The maximum Gasteiger partial charge on any atom is 0.230 e. The number of carbonyl (C=O) groups excluding carboxylic acids is 1. The highest BCUT2D eigenvalue weighted by molar-refractivity contribution is 5.89. The predicted molar refractivity (Wildman–Crippen MR) is 81.5 cm³/mol. The van der Waals surface area contributed by atoms with Crippen molar-refractivity contribution in [2.24, 2.45) is 5.92 Å². The molecule has 2 fully saturated rings. The molecule has 2 aliphatic carbocycles. The summed E-state index contributed by atoms with van der Waals surface area (Å²) in [5.74, 6) is 0.697. The topological polar surface area (TPSA) is 29.1 Å². The summed E-state index contributed by atoms with van der Waals surface area (Å²) in [5, 5.41) is 3.26. The van der Waals surface area contributed by atoms with Gasteiger partial charge in [-0.3, -0.25) is 4.79 Å². The second-order valence-electron chi connectivity index (χ2n) is 6.87. The Morgan fingerprint density at radius 1 is 1.14 bits per heavy atom. The first kappa shape index (κ1) is 14.6. The number of hydrogen-bond donors (Lipinski definition) is 1. The molecule has 0 aromatic heterocycles. The zero-order valence-corrected chi connectivity index (χ0v) is 12.7. The molecular weight excluding hydrogens is 265 g/mol. The minimum absolute atomic E-state index is 0.153. The van der Waals surface area contributed by atoms with Gasteiger partial charge in [-0.25, -0.2) is 4.39 Å². The largest absolute Gasteiger partial charge is 0.353 e. The molecule has 1 amide bonds. The number of hydrogen-bond acceptors (Lipinski definition) is 1. The Morgan fingerprint density at radius 3 is 2.29 bits per heavy atom. The van der Waals surface area contributed by atoms with Gasteiger partial charge >= 0.3 is 0 Å². The molecule has 3 rings (SSSR count). The molecule has 0 bridgehead atoms. The Kier molecular flexibility index (Phi) is 4.01. The molecule has 0 saturated heterocycles. The highest BCUT2D eigenvalue weighted by atomic mass is 19.1. The summed E-state index contributed by atoms with van der Waals surface area (Å²) in [5.41, 5.74) is 0.563. The summed E-state index contributed by atoms with van der Waals surface area (Å²) >= 11 is 0. The third-order valence-electron chi connectivity index (χ3n) is 5.39. The highest BCUT2D eigenvalue weighted by Crippen LogP contribution is 2.44. The van der Waals surface area contributed by atoms with Crippen LogP contribution in [0.1, 0.15) is 57.4 Å². The first-order valence-corrected chi connectivity index (χ1v) is 8.17. The van der Waals surface area contributed by atoms with Gasteiger partial charge in [-0.1, -0.05) is 25.5 Å². The lowest BCUT2D eigenvalue weighted by Gasteiger charge is -2.42. The van der Waals surface area contributed by atoms with E-state index in [4.69, 9.17) is 0 Å². The predicted octanol–water partition coefficient (Wildman–Crippen LogP) is 3.94. The molecule has 0 unspecified atom stereocenters. The molecule has 0 radical (unpaired) electrons. The quantitative estimate of drug-likeness (QED) is 0.897. The van der Waals surface area contributed by atoms with Gasteiger partial charge in [0.15, 0.2) is 0 Å². The molecule has 21 heavy (non-hydrogen) atoms. The van der Waals surface area contributed by atoms with Crippen molar-refractivity contribution in [3.63, 3.8) is 0 Å². The summed E-state index contributed by atoms with van der Waals surface area (Å²) in [7, 11) is 0. The number of rotatable bonds is 3. The van der Waals surface area contributed by atoms with E-state index < -0.39 is 5.41 Å². The first-order valence-electron chi connectivity index (χ1n) is 8.17. The van der Waals surface area contributed by atoms with Gasteiger partial charge in [0, 0.05) is 6.04 Å². The van der Waals surface area contributed by atoms with Crippen LogP contribution >= 0.6 is 0 Å². The number of halogens is 1. The van der Waals surface area contributed by atoms with E-state index >= 15 is 0 Å². The Morgan fingerprint density at radius 2 is 1.76 bits per heavy atom. The molecule has 1 N–H and O–H groups in total. The molecule has 2 saturated carbocycles. The third kappa shape index (κ3) is 2.83. The maximum absolute atomic E-state index is 13.1. The van der Waals surface area contributed by atoms with Crippen molar-refractivity contribution in [2.45, 2.75) is 63.3 Å². The van der Waals surface area contributed by atoms with Crippen molar-refractivity contribution in [1.82, 2.24) is 5.32 Å². The number of carbonyl (C=O) groups is 1. The fraction of sp³-hybridized carbons (Fsp3) is 0.611. The van der Waals surface area contributed by atoms with Crippen LogP contribution in [0.2, 0.25) is 0 Å². The van der Waals surface area contributed by atoms with Gasteiger partial charge in [0.05, 0.1) is 5.41 Å². The van der Waals surface area contributed by atoms with Crippen LogP contribution in [-0.4, -0.2) is 11.9 Å². The van der Waals surface area contributed by atoms with E-state index in [-0.39, 0.29) is 11.7 Å². The Bertz CT molecular complexity index is 498. The molecule has 0 heterocycles. The van der Waals surface area contributed by atoms with E-state index in [2.05, 4.69) is 12.2 Å². The Labute approximate surface area is 126 Å². The Balaban J connectivity index is 1.70. The van der Waals surface area contributed by atoms with E-state index in [1.807, 2.05) is 0 Å². The van der Waals surface area contributed by atoms with E-state index in [9.17, 15) is 9.18 Å². The molecule has 1 aromatic carbocycles. The van der Waals surface area contributed by atoms with Crippen LogP contribution in [0.25, 0.3) is 0 Å². The lowest BCUT2D eigenvalue weighted by Crippen LogP contribution is -2.52. The summed E-state index contributed by atoms with van der Waals surface area (Å²) in [4.78, 5) is 12.8. The zero-order valence-electron chi connectivity index (χ0n) is 12.7. The number of benzene rings is 1. The van der Waals surface area contributed by atoms with Crippen molar-refractivity contribution in [1.29, 1.82) is 0 Å². The minimum atomic E-state index is -0.406. The lowest BCUT2D eigenvalue weighted by atomic mass is 9.63. The van der Waals surface area contributed by atoms with Crippen LogP contribution < -0.4 is 5.32 Å². The van der Waals surface area contributed by atoms with Crippen LogP contribution in [0.4, 0.5) is 4.39 Å². The molecule has 0 spiro atoms. The van der Waals surface area contributed by atoms with Crippen LogP contribution in [0.3, 0.4) is 0 Å². The zero-order chi connectivity index (χ0) is 14.9. The Hall–Kier alpha value is -1.38. The third-order valence-corrected chi connectivity index (χ3v) is 5.39. The average molecular weight is 289 g/mol. The van der Waals surface area contributed by atoms with Gasteiger partial charge in [-0.05, 0) is 62.1 Å². The standard InChI is InChI=1S/C18H24FNO/c1-13-3-9-16(10-4-13)20-17(21)18(11-2-12-18)14-5-7-15(19)8-6-14/h5-8,13,16H,2-4,9-12H2,1H3,(H,20,21). The first-order chi connectivity index (χ1) is 10.1. The van der Waals surface area contributed by atoms with E-state index in [1.54, 1.807) is 12.1 Å². The summed E-state index contributed by atoms with van der Waals surface area (Å²) in [6, 6.07) is 6.80. The van der Waals surface area contributed by atoms with Gasteiger partial charge in [-0.2, -0.15) is 0 Å². The molecule has 0 atom stereocenters. The van der Waals surface area contributed by atoms with Gasteiger partial charge in [0.1, 0.15) is 5.82 Å². The van der Waals surface area contributed by atoms with E-state index in [0.717, 1.165) is 43.6 Å². The monoisotopic (exact) mass is 289 g/mol. The van der Waals surface area contributed by atoms with Gasteiger partial charge < -0.3 is 5.32 Å². The second kappa shape index (κ2) is 5.78. The molecule has 1 aromatic rings. The summed E-state index contributed by atoms with van der Waals surface area (Å²) in [6.07, 6.45) is 7.43. The van der Waals surface area contributed by atoms with Crippen molar-refractivity contribution in [3.05, 3.63) is 35.6 Å². The summed E-state index contributed by atoms with van der Waals surface area (Å²) < 4.78 is 13.1. The smallest absolute Gasteiger partial charge is 0.230 e. The van der Waals surface area contributed by atoms with Crippen LogP contribution in [0.15, 0.2) is 24.3 Å². The van der Waals surface area contributed by atoms with Gasteiger partial charge in [-0.15, -0.1) is 0 Å². The van der Waals surface area contributed by atoms with Crippen molar-refractivity contribution >= 4 is 5.91 Å². The van der Waals surface area contributed by atoms with Gasteiger partial charge in [0.2, 0.25) is 5.91 Å². The molecular formula is C18H24FNO. The van der Waals surface area contributed by atoms with Crippen LogP contribution in [0.5, 0.6) is 0 Å². The van der Waals surface area contributed by atoms with Crippen LogP contribution in [0, 0.1) is 11.7 Å². The molecule has 3 heteroatoms. The van der Waals surface area contributed by atoms with Crippen molar-refractivity contribution < 1.29 is 9.18 Å². The van der Waals surface area contributed by atoms with Crippen molar-refractivity contribution in [3.8, 4) is 0 Å². The SMILES string of the molecule is CC1CCC(NC(=O)C2(c3ccc(F)cc3)CCC2)CC1. The van der Waals surface area contributed by atoms with Crippen molar-refractivity contribution in [2.75, 3.05) is 0 Å². The minimum Gasteiger partial charge on any atom is -0.353 e. The fourth-order valence-corrected chi connectivity index (χ4v) is 3.67. The van der Waals surface area contributed by atoms with E-state index in [0.29, 0.717) is 6.04 Å². The second-order valence-corrected chi connectivity index (χ2v) is 6.87. The van der Waals surface area contributed by atoms with Crippen LogP contribution in [-0.2, 0) is 10.2 Å². The number of nitrogens with one attached hydrogen (secondary N) is 1. The average Bonchev–Trinajstić information content (AvgIpc) is 2.42. The summed E-state index contributed by atoms with van der Waals surface area (Å²) in [6.45, 7) is 2.28. The fourth-order valence-electron chi connectivity index (χ4n) is 3.67. The molecule has 0 aliphatic heterocycles.